The summed E-state index contributed by atoms with van der Waals surface area (Å²) in [6.07, 6.45) is -4.18. The minimum Gasteiger partial charge on any atom is -1.00 e. The third-order valence-corrected chi connectivity index (χ3v) is 4.90. The Morgan fingerprint density at radius 1 is 1.00 bits per heavy atom. The average molecular weight is 416 g/mol. The Bertz CT molecular complexity index is 812. The van der Waals surface area contributed by atoms with E-state index in [4.69, 9.17) is 9.84 Å². The van der Waals surface area contributed by atoms with Crippen LogP contribution in [0.15, 0.2) is 48.5 Å². The number of ether oxygens (including phenoxy) is 1. The van der Waals surface area contributed by atoms with Crippen molar-refractivity contribution in [3.8, 4) is 5.75 Å². The molecule has 0 amide bonds. The van der Waals surface area contributed by atoms with Crippen LogP contribution >= 0.6 is 0 Å². The van der Waals surface area contributed by atoms with Gasteiger partial charge >= 0.3 is 31.0 Å². The molecule has 1 saturated heterocycles. The Morgan fingerprint density at radius 2 is 1.60 bits per heavy atom. The van der Waals surface area contributed by atoms with Crippen molar-refractivity contribution < 1.29 is 48.1 Å². The van der Waals surface area contributed by atoms with Crippen LogP contribution in [-0.4, -0.2) is 48.7 Å². The van der Waals surface area contributed by atoms with E-state index in [9.17, 15) is 18.0 Å². The van der Waals surface area contributed by atoms with Crippen molar-refractivity contribution in [2.75, 3.05) is 37.6 Å². The van der Waals surface area contributed by atoms with Crippen LogP contribution in [0.4, 0.5) is 18.9 Å². The van der Waals surface area contributed by atoms with E-state index in [1.807, 2.05) is 24.3 Å². The van der Waals surface area contributed by atoms with Gasteiger partial charge in [-0.25, -0.2) is 0 Å². The molecule has 0 aliphatic carbocycles. The first-order valence-electron chi connectivity index (χ1n) is 9.39. The van der Waals surface area contributed by atoms with E-state index >= 15 is 0 Å². The molecular weight excluding hydrogens is 392 g/mol. The number of alkyl halides is 3. The molecule has 3 rings (SSSR count). The molecule has 2 aromatic carbocycles. The van der Waals surface area contributed by atoms with Gasteiger partial charge in [0.25, 0.3) is 0 Å². The number of hydrogen-bond acceptors (Lipinski definition) is 4. The molecule has 30 heavy (non-hydrogen) atoms. The Labute approximate surface area is 187 Å². The molecule has 1 N–H and O–H groups in total. The van der Waals surface area contributed by atoms with Crippen molar-refractivity contribution >= 4 is 11.7 Å². The van der Waals surface area contributed by atoms with E-state index in [2.05, 4.69) is 9.80 Å². The molecule has 1 aliphatic rings. The molecule has 0 atom stereocenters. The van der Waals surface area contributed by atoms with Crippen LogP contribution in [0, 0.1) is 0 Å². The summed E-state index contributed by atoms with van der Waals surface area (Å²) in [6, 6.07) is 12.5. The Kier molecular flexibility index (Phi) is 8.65. The van der Waals surface area contributed by atoms with Gasteiger partial charge in [-0.05, 0) is 42.0 Å². The smallest absolute Gasteiger partial charge is 1.00 e. The van der Waals surface area contributed by atoms with Gasteiger partial charge in [0, 0.05) is 38.4 Å². The number of benzene rings is 2. The van der Waals surface area contributed by atoms with E-state index in [1.54, 1.807) is 0 Å². The molecule has 0 spiro atoms. The third-order valence-electron chi connectivity index (χ3n) is 4.90. The molecule has 0 saturated carbocycles. The Balaban J connectivity index is 0.00000240. The van der Waals surface area contributed by atoms with Gasteiger partial charge < -0.3 is 16.2 Å². The van der Waals surface area contributed by atoms with Crippen LogP contribution in [0.5, 0.6) is 5.75 Å². The fourth-order valence-corrected chi connectivity index (χ4v) is 3.19. The van der Waals surface area contributed by atoms with Crippen LogP contribution in [0.2, 0.25) is 0 Å². The average Bonchev–Trinajstić information content (AvgIpc) is 2.71. The van der Waals surface area contributed by atoms with Crippen LogP contribution < -0.4 is 28.5 Å². The van der Waals surface area contributed by atoms with Crippen LogP contribution in [0.25, 0.3) is 0 Å². The molecule has 0 radical (unpaired) electrons. The topological polar surface area (TPSA) is 53.0 Å². The normalized spacial score (nSPS) is 14.8. The van der Waals surface area contributed by atoms with Gasteiger partial charge in [-0.15, -0.1) is 0 Å². The molecular formula is C21H24F3LiN2O3. The van der Waals surface area contributed by atoms with Gasteiger partial charge in [-0.2, -0.15) is 13.2 Å². The maximum absolute atomic E-state index is 12.6. The summed E-state index contributed by atoms with van der Waals surface area (Å²) in [6.45, 7) is 4.05. The van der Waals surface area contributed by atoms with E-state index < -0.39 is 17.7 Å². The number of piperazine rings is 1. The molecule has 158 valence electrons. The number of hydrogen-bond donors (Lipinski definition) is 1. The second-order valence-corrected chi connectivity index (χ2v) is 6.95. The van der Waals surface area contributed by atoms with E-state index in [-0.39, 0.29) is 33.3 Å². The maximum Gasteiger partial charge on any atom is 1.00 e. The first-order chi connectivity index (χ1) is 13.8. The van der Waals surface area contributed by atoms with Gasteiger partial charge in [0.1, 0.15) is 12.4 Å². The minimum atomic E-state index is -4.34. The largest absolute Gasteiger partial charge is 1.00 e. The molecule has 0 bridgehead atoms. The van der Waals surface area contributed by atoms with Crippen molar-refractivity contribution in [3.63, 3.8) is 0 Å². The summed E-state index contributed by atoms with van der Waals surface area (Å²) >= 11 is 0. The quantitative estimate of drug-likeness (QED) is 0.683. The fourth-order valence-electron chi connectivity index (χ4n) is 3.19. The number of nitrogens with zero attached hydrogens (tertiary/aromatic N) is 2. The van der Waals surface area contributed by atoms with Crippen molar-refractivity contribution in [2.45, 2.75) is 19.2 Å². The molecule has 1 heterocycles. The maximum atomic E-state index is 12.6. The van der Waals surface area contributed by atoms with Crippen molar-refractivity contribution in [3.05, 3.63) is 59.7 Å². The number of anilines is 1. The number of rotatable bonds is 7. The zero-order chi connectivity index (χ0) is 20.9. The fraction of sp³-hybridized carbons (Fsp3) is 0.381. The molecule has 0 aromatic heterocycles. The second kappa shape index (κ2) is 10.8. The molecule has 2 aromatic rings. The first-order valence-corrected chi connectivity index (χ1v) is 9.39. The van der Waals surface area contributed by atoms with Gasteiger partial charge in [0.15, 0.2) is 0 Å². The summed E-state index contributed by atoms with van der Waals surface area (Å²) in [4.78, 5) is 15.0. The number of carboxylic acid groups (broad SMARTS) is 1. The summed E-state index contributed by atoms with van der Waals surface area (Å²) in [5.41, 5.74) is 1.05. The van der Waals surface area contributed by atoms with E-state index in [1.165, 1.54) is 12.1 Å². The van der Waals surface area contributed by atoms with Crippen LogP contribution in [0.3, 0.4) is 0 Å². The van der Waals surface area contributed by atoms with Crippen molar-refractivity contribution in [1.82, 2.24) is 4.90 Å². The molecule has 1 fully saturated rings. The van der Waals surface area contributed by atoms with Gasteiger partial charge in [0.2, 0.25) is 0 Å². The number of halogens is 3. The summed E-state index contributed by atoms with van der Waals surface area (Å²) in [5.74, 6) is -0.131. The Morgan fingerprint density at radius 3 is 2.13 bits per heavy atom. The van der Waals surface area contributed by atoms with E-state index in [0.717, 1.165) is 44.0 Å². The zero-order valence-electron chi connectivity index (χ0n) is 17.9. The van der Waals surface area contributed by atoms with Crippen LogP contribution in [0.1, 0.15) is 19.0 Å². The van der Waals surface area contributed by atoms with Crippen molar-refractivity contribution in [1.29, 1.82) is 0 Å². The SMILES string of the molecule is O=C(O)CCN1CCN(c2ccc(OCc3ccc(C(F)(F)F)cc3)cc2)CC1.[H-].[Li+]. The molecule has 5 nitrogen and oxygen atoms in total. The van der Waals surface area contributed by atoms with Crippen molar-refractivity contribution in [2.24, 2.45) is 0 Å². The second-order valence-electron chi connectivity index (χ2n) is 6.95. The predicted molar refractivity (Wildman–Crippen MR) is 104 cm³/mol. The standard InChI is InChI=1S/C21H23F3N2O3.Li.H/c22-21(23,24)17-3-1-16(2-4-17)15-29-19-7-5-18(6-8-19)26-13-11-25(12-14-26)10-9-20(27)28;;/h1-8H,9-15H2,(H,27,28);;/q;+1;-1. The molecule has 0 unspecified atom stereocenters. The summed E-state index contributed by atoms with van der Waals surface area (Å²) < 4.78 is 43.4. The molecule has 1 aliphatic heterocycles. The monoisotopic (exact) mass is 416 g/mol. The van der Waals surface area contributed by atoms with Crippen LogP contribution in [-0.2, 0) is 17.6 Å². The van der Waals surface area contributed by atoms with Gasteiger partial charge in [-0.1, -0.05) is 12.1 Å². The minimum absolute atomic E-state index is 0. The summed E-state index contributed by atoms with van der Waals surface area (Å²) in [5, 5.41) is 8.77. The number of carboxylic acids is 1. The third kappa shape index (κ3) is 6.98. The molecule has 9 heteroatoms. The first kappa shape index (κ1) is 24.1. The number of carbonyl (C=O) groups is 1. The van der Waals surface area contributed by atoms with Gasteiger partial charge in [-0.3, -0.25) is 9.69 Å². The predicted octanol–water partition coefficient (Wildman–Crippen LogP) is 0.998. The van der Waals surface area contributed by atoms with Gasteiger partial charge in [0.05, 0.1) is 12.0 Å². The number of aliphatic carboxylic acids is 1. The summed E-state index contributed by atoms with van der Waals surface area (Å²) in [7, 11) is 0. The zero-order valence-corrected chi connectivity index (χ0v) is 16.9. The Hall–Kier alpha value is -2.14. The van der Waals surface area contributed by atoms with E-state index in [0.29, 0.717) is 17.9 Å².